The van der Waals surface area contributed by atoms with Gasteiger partial charge in [0.25, 0.3) is 0 Å². The van der Waals surface area contributed by atoms with E-state index in [-0.39, 0.29) is 12.1 Å². The topological polar surface area (TPSA) is 76.9 Å². The van der Waals surface area contributed by atoms with Crippen LogP contribution in [-0.4, -0.2) is 23.2 Å². The number of hydrogen-bond acceptors (Lipinski definition) is 4. The average Bonchev–Trinajstić information content (AvgIpc) is 3.06. The summed E-state index contributed by atoms with van der Waals surface area (Å²) in [6.45, 7) is -0.0139. The fourth-order valence-corrected chi connectivity index (χ4v) is 3.71. The molecule has 0 fully saturated rings. The molecule has 0 bridgehead atoms. The Labute approximate surface area is 160 Å². The van der Waals surface area contributed by atoms with Crippen molar-refractivity contribution >= 4 is 10.0 Å². The summed E-state index contributed by atoms with van der Waals surface area (Å²) in [5.74, 6) is -0.544. The van der Waals surface area contributed by atoms with Crippen molar-refractivity contribution in [1.82, 2.24) is 19.5 Å². The van der Waals surface area contributed by atoms with Gasteiger partial charge in [0.2, 0.25) is 10.0 Å². The van der Waals surface area contributed by atoms with Gasteiger partial charge in [0.15, 0.2) is 0 Å². The second-order valence-electron chi connectivity index (χ2n) is 6.17. The van der Waals surface area contributed by atoms with Gasteiger partial charge in [-0.2, -0.15) is 18.3 Å². The molecule has 1 N–H and O–H groups in total. The molecular weight excluding hydrogens is 393 g/mol. The third-order valence-corrected chi connectivity index (χ3v) is 5.31. The van der Waals surface area contributed by atoms with E-state index in [0.717, 1.165) is 17.8 Å². The van der Waals surface area contributed by atoms with Crippen molar-refractivity contribution < 1.29 is 21.6 Å². The highest BCUT2D eigenvalue weighted by molar-refractivity contribution is 7.88. The van der Waals surface area contributed by atoms with Crippen LogP contribution >= 0.6 is 0 Å². The summed E-state index contributed by atoms with van der Waals surface area (Å²) in [7, 11) is -2.03. The molecule has 28 heavy (non-hydrogen) atoms. The Morgan fingerprint density at radius 1 is 1.11 bits per heavy atom. The molecule has 2 aromatic heterocycles. The van der Waals surface area contributed by atoms with Crippen LogP contribution in [0, 0.1) is 0 Å². The van der Waals surface area contributed by atoms with Crippen molar-refractivity contribution in [2.75, 3.05) is 0 Å². The van der Waals surface area contributed by atoms with Crippen LogP contribution in [0.25, 0.3) is 11.4 Å². The highest BCUT2D eigenvalue weighted by Gasteiger charge is 2.30. The Morgan fingerprint density at radius 3 is 2.50 bits per heavy atom. The molecule has 3 rings (SSSR count). The summed E-state index contributed by atoms with van der Waals surface area (Å²) >= 11 is 0. The average molecular weight is 410 g/mol. The summed E-state index contributed by atoms with van der Waals surface area (Å²) in [6.07, 6.45) is -1.34. The van der Waals surface area contributed by atoms with Crippen LogP contribution in [0.3, 0.4) is 0 Å². The van der Waals surface area contributed by atoms with Crippen LogP contribution in [-0.2, 0) is 35.5 Å². The molecule has 2 heterocycles. The third-order valence-electron chi connectivity index (χ3n) is 4.02. The molecule has 0 aliphatic rings. The minimum atomic E-state index is -4.52. The van der Waals surface area contributed by atoms with Gasteiger partial charge in [-0.15, -0.1) is 0 Å². The van der Waals surface area contributed by atoms with Crippen LogP contribution in [0.1, 0.15) is 16.7 Å². The number of nitrogens with zero attached hydrogens (tertiary/aromatic N) is 3. The van der Waals surface area contributed by atoms with Gasteiger partial charge in [-0.25, -0.2) is 13.1 Å². The maximum Gasteiger partial charge on any atom is 0.416 e. The fraction of sp³-hybridized carbons (Fsp3) is 0.222. The van der Waals surface area contributed by atoms with Gasteiger partial charge >= 0.3 is 6.18 Å². The van der Waals surface area contributed by atoms with Crippen molar-refractivity contribution in [1.29, 1.82) is 0 Å². The lowest BCUT2D eigenvalue weighted by Gasteiger charge is -2.10. The minimum absolute atomic E-state index is 0.0139. The number of aryl methyl sites for hydroxylation is 1. The van der Waals surface area contributed by atoms with Gasteiger partial charge in [-0.3, -0.25) is 9.67 Å². The van der Waals surface area contributed by atoms with E-state index in [9.17, 15) is 21.6 Å². The quantitative estimate of drug-likeness (QED) is 0.678. The SMILES string of the molecule is Cn1nccc1-c1ccc(CNS(=O)(=O)Cc2cccc(C(F)(F)F)c2)cn1. The van der Waals surface area contributed by atoms with Gasteiger partial charge in [0.05, 0.1) is 22.7 Å². The Hall–Kier alpha value is -2.72. The Kier molecular flexibility index (Phi) is 5.52. The van der Waals surface area contributed by atoms with E-state index < -0.39 is 27.5 Å². The molecule has 0 atom stereocenters. The van der Waals surface area contributed by atoms with Gasteiger partial charge in [-0.05, 0) is 29.3 Å². The second-order valence-corrected chi connectivity index (χ2v) is 7.98. The monoisotopic (exact) mass is 410 g/mol. The standard InChI is InChI=1S/C18H17F3N4O2S/c1-25-17(7-8-23-25)16-6-5-14(10-22-16)11-24-28(26,27)12-13-3-2-4-15(9-13)18(19,20)21/h2-10,24H,11-12H2,1H3. The van der Waals surface area contributed by atoms with E-state index in [1.165, 1.54) is 18.3 Å². The van der Waals surface area contributed by atoms with Crippen molar-refractivity contribution in [3.8, 4) is 11.4 Å². The molecule has 6 nitrogen and oxygen atoms in total. The van der Waals surface area contributed by atoms with Gasteiger partial charge in [0, 0.05) is 26.0 Å². The molecule has 1 aromatic carbocycles. The molecule has 0 radical (unpaired) electrons. The molecular formula is C18H17F3N4O2S. The van der Waals surface area contributed by atoms with E-state index in [1.54, 1.807) is 36.1 Å². The number of rotatable bonds is 6. The van der Waals surface area contributed by atoms with E-state index >= 15 is 0 Å². The van der Waals surface area contributed by atoms with Crippen molar-refractivity contribution in [3.05, 3.63) is 71.5 Å². The van der Waals surface area contributed by atoms with Gasteiger partial charge in [0.1, 0.15) is 0 Å². The molecule has 0 spiro atoms. The van der Waals surface area contributed by atoms with Crippen LogP contribution in [0.2, 0.25) is 0 Å². The lowest BCUT2D eigenvalue weighted by molar-refractivity contribution is -0.137. The van der Waals surface area contributed by atoms with Crippen molar-refractivity contribution in [2.24, 2.45) is 7.05 Å². The first-order chi connectivity index (χ1) is 13.1. The summed E-state index contributed by atoms with van der Waals surface area (Å²) in [5.41, 5.74) is 1.31. The zero-order chi connectivity index (χ0) is 20.4. The van der Waals surface area contributed by atoms with Gasteiger partial charge < -0.3 is 0 Å². The van der Waals surface area contributed by atoms with Crippen LogP contribution in [0.15, 0.2) is 54.9 Å². The van der Waals surface area contributed by atoms with Gasteiger partial charge in [-0.1, -0.05) is 24.3 Å². The van der Waals surface area contributed by atoms with Crippen molar-refractivity contribution in [2.45, 2.75) is 18.5 Å². The molecule has 0 aliphatic heterocycles. The second kappa shape index (κ2) is 7.72. The molecule has 3 aromatic rings. The summed E-state index contributed by atoms with van der Waals surface area (Å²) in [6, 6.07) is 9.55. The highest BCUT2D eigenvalue weighted by Crippen LogP contribution is 2.29. The molecule has 0 unspecified atom stereocenters. The summed E-state index contributed by atoms with van der Waals surface area (Å²) in [5, 5.41) is 4.06. The highest BCUT2D eigenvalue weighted by atomic mass is 32.2. The molecule has 0 saturated heterocycles. The Morgan fingerprint density at radius 2 is 1.89 bits per heavy atom. The number of nitrogens with one attached hydrogen (secondary N) is 1. The number of benzene rings is 1. The van der Waals surface area contributed by atoms with E-state index in [0.29, 0.717) is 11.3 Å². The zero-order valence-corrected chi connectivity index (χ0v) is 15.6. The van der Waals surface area contributed by atoms with Crippen LogP contribution in [0.4, 0.5) is 13.2 Å². The van der Waals surface area contributed by atoms with E-state index in [4.69, 9.17) is 0 Å². The maximum absolute atomic E-state index is 12.8. The fourth-order valence-electron chi connectivity index (χ4n) is 2.61. The predicted octanol–water partition coefficient (Wildman–Crippen LogP) is 3.12. The summed E-state index contributed by atoms with van der Waals surface area (Å²) in [4.78, 5) is 4.28. The number of pyridine rings is 1. The number of sulfonamides is 1. The first kappa shape index (κ1) is 20.0. The van der Waals surface area contributed by atoms with Crippen LogP contribution in [0.5, 0.6) is 0 Å². The first-order valence-electron chi connectivity index (χ1n) is 8.21. The number of alkyl halides is 3. The number of halogens is 3. The zero-order valence-electron chi connectivity index (χ0n) is 14.8. The van der Waals surface area contributed by atoms with E-state index in [1.807, 2.05) is 0 Å². The van der Waals surface area contributed by atoms with Crippen molar-refractivity contribution in [3.63, 3.8) is 0 Å². The Bertz CT molecular complexity index is 1060. The Balaban J connectivity index is 1.64. The molecule has 148 valence electrons. The molecule has 0 amide bonds. The minimum Gasteiger partial charge on any atom is -0.266 e. The van der Waals surface area contributed by atoms with Crippen LogP contribution < -0.4 is 4.72 Å². The smallest absolute Gasteiger partial charge is 0.266 e. The predicted molar refractivity (Wildman–Crippen MR) is 97.3 cm³/mol. The lowest BCUT2D eigenvalue weighted by atomic mass is 10.1. The largest absolute Gasteiger partial charge is 0.416 e. The third kappa shape index (κ3) is 4.96. The summed E-state index contributed by atoms with van der Waals surface area (Å²) < 4.78 is 66.7. The molecule has 10 heteroatoms. The maximum atomic E-state index is 12.8. The lowest BCUT2D eigenvalue weighted by Crippen LogP contribution is -2.25. The number of aromatic nitrogens is 3. The number of hydrogen-bond donors (Lipinski definition) is 1. The normalized spacial score (nSPS) is 12.3. The molecule has 0 saturated carbocycles. The molecule has 0 aliphatic carbocycles. The van der Waals surface area contributed by atoms with E-state index in [2.05, 4.69) is 14.8 Å². The first-order valence-corrected chi connectivity index (χ1v) is 9.86.